The number of carbonyl (C=O) groups excluding carboxylic acids is 1. The van der Waals surface area contributed by atoms with Crippen molar-refractivity contribution in [2.75, 3.05) is 7.11 Å². The molecule has 2 aromatic carbocycles. The van der Waals surface area contributed by atoms with Gasteiger partial charge in [0.1, 0.15) is 5.75 Å². The van der Waals surface area contributed by atoms with E-state index in [-0.39, 0.29) is 12.1 Å². The number of hydrogen-bond donors (Lipinski definition) is 1. The number of non-ortho nitro benzene ring substituents is 2. The molecule has 0 bridgehead atoms. The monoisotopic (exact) mass is 397 g/mol. The van der Waals surface area contributed by atoms with Crippen LogP contribution < -0.4 is 10.1 Å². The van der Waals surface area contributed by atoms with Crippen LogP contribution in [0.4, 0.5) is 11.4 Å². The van der Waals surface area contributed by atoms with Gasteiger partial charge < -0.3 is 10.1 Å². The molecule has 1 heterocycles. The van der Waals surface area contributed by atoms with Crippen LogP contribution >= 0.6 is 0 Å². The molecule has 0 atom stereocenters. The summed E-state index contributed by atoms with van der Waals surface area (Å²) in [6.45, 7) is 0.0402. The highest BCUT2D eigenvalue weighted by Gasteiger charge is 2.20. The van der Waals surface area contributed by atoms with Gasteiger partial charge in [-0.2, -0.15) is 5.10 Å². The number of nitrogens with zero attached hydrogens (tertiary/aromatic N) is 4. The standard InChI is InChI=1S/C18H15N5O6/c1-29-17-4-2-14(3-5-17)21-7-6-13(20-21)11-19-18(24)12-8-15(22(25)26)10-16(9-12)23(27)28/h2-10H,11H2,1H3,(H,19,24). The molecule has 0 aliphatic heterocycles. The van der Waals surface area contributed by atoms with Crippen molar-refractivity contribution in [2.45, 2.75) is 6.54 Å². The van der Waals surface area contributed by atoms with E-state index >= 15 is 0 Å². The second kappa shape index (κ2) is 8.17. The van der Waals surface area contributed by atoms with Crippen LogP contribution in [0.15, 0.2) is 54.7 Å². The molecule has 29 heavy (non-hydrogen) atoms. The van der Waals surface area contributed by atoms with Crippen LogP contribution in [0.2, 0.25) is 0 Å². The number of benzene rings is 2. The van der Waals surface area contributed by atoms with Crippen molar-refractivity contribution in [2.24, 2.45) is 0 Å². The van der Waals surface area contributed by atoms with Gasteiger partial charge in [-0.15, -0.1) is 0 Å². The fourth-order valence-electron chi connectivity index (χ4n) is 2.54. The highest BCUT2D eigenvalue weighted by molar-refractivity contribution is 5.95. The average molecular weight is 397 g/mol. The summed E-state index contributed by atoms with van der Waals surface area (Å²) >= 11 is 0. The quantitative estimate of drug-likeness (QED) is 0.477. The molecular formula is C18H15N5O6. The summed E-state index contributed by atoms with van der Waals surface area (Å²) in [7, 11) is 1.57. The first-order valence-corrected chi connectivity index (χ1v) is 8.28. The zero-order valence-corrected chi connectivity index (χ0v) is 15.1. The Balaban J connectivity index is 1.72. The molecule has 0 fully saturated rings. The molecule has 0 aliphatic rings. The first-order chi connectivity index (χ1) is 13.9. The maximum Gasteiger partial charge on any atom is 0.277 e. The van der Waals surface area contributed by atoms with Crippen LogP contribution in [0.1, 0.15) is 16.1 Å². The van der Waals surface area contributed by atoms with Gasteiger partial charge in [0, 0.05) is 18.3 Å². The van der Waals surface area contributed by atoms with Gasteiger partial charge in [0.25, 0.3) is 17.3 Å². The number of nitro groups is 2. The molecule has 1 amide bonds. The van der Waals surface area contributed by atoms with E-state index in [1.165, 1.54) is 0 Å². The summed E-state index contributed by atoms with van der Waals surface area (Å²) < 4.78 is 6.71. The summed E-state index contributed by atoms with van der Waals surface area (Å²) in [4.78, 5) is 32.6. The van der Waals surface area contributed by atoms with E-state index in [1.54, 1.807) is 36.2 Å². The Morgan fingerprint density at radius 1 is 1.07 bits per heavy atom. The van der Waals surface area contributed by atoms with E-state index in [2.05, 4.69) is 10.4 Å². The highest BCUT2D eigenvalue weighted by Crippen LogP contribution is 2.22. The van der Waals surface area contributed by atoms with E-state index in [9.17, 15) is 25.0 Å². The predicted molar refractivity (Wildman–Crippen MR) is 101 cm³/mol. The smallest absolute Gasteiger partial charge is 0.277 e. The number of aromatic nitrogens is 2. The molecule has 0 radical (unpaired) electrons. The fourth-order valence-corrected chi connectivity index (χ4v) is 2.54. The molecular weight excluding hydrogens is 382 g/mol. The minimum absolute atomic E-state index is 0.0402. The van der Waals surface area contributed by atoms with E-state index in [1.807, 2.05) is 12.1 Å². The van der Waals surface area contributed by atoms with Crippen LogP contribution in [0.3, 0.4) is 0 Å². The van der Waals surface area contributed by atoms with Crippen molar-refractivity contribution in [3.63, 3.8) is 0 Å². The lowest BCUT2D eigenvalue weighted by atomic mass is 10.1. The zero-order chi connectivity index (χ0) is 21.0. The number of hydrogen-bond acceptors (Lipinski definition) is 7. The molecule has 11 heteroatoms. The lowest BCUT2D eigenvalue weighted by molar-refractivity contribution is -0.394. The van der Waals surface area contributed by atoms with Gasteiger partial charge in [-0.05, 0) is 30.3 Å². The van der Waals surface area contributed by atoms with Crippen molar-refractivity contribution >= 4 is 17.3 Å². The summed E-state index contributed by atoms with van der Waals surface area (Å²) in [6.07, 6.45) is 1.71. The summed E-state index contributed by atoms with van der Waals surface area (Å²) in [5, 5.41) is 28.8. The van der Waals surface area contributed by atoms with Crippen LogP contribution in [-0.2, 0) is 6.54 Å². The number of methoxy groups -OCH3 is 1. The molecule has 0 unspecified atom stereocenters. The Morgan fingerprint density at radius 2 is 1.69 bits per heavy atom. The van der Waals surface area contributed by atoms with Gasteiger partial charge in [-0.25, -0.2) is 4.68 Å². The van der Waals surface area contributed by atoms with E-state index in [0.717, 1.165) is 23.9 Å². The van der Waals surface area contributed by atoms with Crippen molar-refractivity contribution in [1.82, 2.24) is 15.1 Å². The topological polar surface area (TPSA) is 142 Å². The molecule has 0 saturated heterocycles. The van der Waals surface area contributed by atoms with Gasteiger partial charge in [0.2, 0.25) is 0 Å². The largest absolute Gasteiger partial charge is 0.497 e. The minimum atomic E-state index is -0.791. The Hall–Kier alpha value is -4.28. The lowest BCUT2D eigenvalue weighted by Crippen LogP contribution is -2.23. The minimum Gasteiger partial charge on any atom is -0.497 e. The molecule has 3 rings (SSSR count). The van der Waals surface area contributed by atoms with Crippen LogP contribution in [0.5, 0.6) is 5.75 Å². The second-order valence-electron chi connectivity index (χ2n) is 5.88. The van der Waals surface area contributed by atoms with E-state index in [4.69, 9.17) is 4.74 Å². The molecule has 3 aromatic rings. The number of carbonyl (C=O) groups is 1. The Kier molecular flexibility index (Phi) is 5.49. The zero-order valence-electron chi connectivity index (χ0n) is 15.1. The number of rotatable bonds is 7. The normalized spacial score (nSPS) is 10.4. The molecule has 148 valence electrons. The molecule has 0 aliphatic carbocycles. The average Bonchev–Trinajstić information content (AvgIpc) is 3.20. The lowest BCUT2D eigenvalue weighted by Gasteiger charge is -2.05. The van der Waals surface area contributed by atoms with Crippen LogP contribution in [-0.4, -0.2) is 32.6 Å². The third kappa shape index (κ3) is 4.53. The van der Waals surface area contributed by atoms with E-state index in [0.29, 0.717) is 11.4 Å². The van der Waals surface area contributed by atoms with Crippen LogP contribution in [0.25, 0.3) is 5.69 Å². The second-order valence-corrected chi connectivity index (χ2v) is 5.88. The van der Waals surface area contributed by atoms with Gasteiger partial charge in [-0.1, -0.05) is 0 Å². The van der Waals surface area contributed by atoms with Gasteiger partial charge in [0.05, 0.1) is 46.5 Å². The molecule has 0 spiro atoms. The van der Waals surface area contributed by atoms with Gasteiger partial charge >= 0.3 is 0 Å². The fraction of sp³-hybridized carbons (Fsp3) is 0.111. The van der Waals surface area contributed by atoms with Crippen molar-refractivity contribution in [3.05, 3.63) is 86.2 Å². The maximum absolute atomic E-state index is 12.3. The molecule has 0 saturated carbocycles. The van der Waals surface area contributed by atoms with E-state index < -0.39 is 27.1 Å². The summed E-state index contributed by atoms with van der Waals surface area (Å²) in [5.74, 6) is 0.0234. The van der Waals surface area contributed by atoms with Crippen molar-refractivity contribution in [3.8, 4) is 11.4 Å². The number of ether oxygens (including phenoxy) is 1. The first kappa shape index (κ1) is 19.5. The molecule has 1 N–H and O–H groups in total. The summed E-state index contributed by atoms with van der Waals surface area (Å²) in [6, 6.07) is 11.7. The SMILES string of the molecule is COc1ccc(-n2ccc(CNC(=O)c3cc([N+](=O)[O-])cc([N+](=O)[O-])c3)n2)cc1. The highest BCUT2D eigenvalue weighted by atomic mass is 16.6. The summed E-state index contributed by atoms with van der Waals surface area (Å²) in [5.41, 5.74) is 0.0774. The van der Waals surface area contributed by atoms with Crippen molar-refractivity contribution in [1.29, 1.82) is 0 Å². The van der Waals surface area contributed by atoms with Gasteiger partial charge in [-0.3, -0.25) is 25.0 Å². The third-order valence-electron chi connectivity index (χ3n) is 4.00. The molecule has 1 aromatic heterocycles. The maximum atomic E-state index is 12.3. The Bertz CT molecular complexity index is 1040. The predicted octanol–water partition coefficient (Wildman–Crippen LogP) is 2.63. The Labute approximate surface area is 163 Å². The third-order valence-corrected chi connectivity index (χ3v) is 4.00. The number of amides is 1. The first-order valence-electron chi connectivity index (χ1n) is 8.28. The van der Waals surface area contributed by atoms with Crippen molar-refractivity contribution < 1.29 is 19.4 Å². The number of nitro benzene ring substituents is 2. The van der Waals surface area contributed by atoms with Gasteiger partial charge in [0.15, 0.2) is 0 Å². The Morgan fingerprint density at radius 3 is 2.24 bits per heavy atom. The number of nitrogens with one attached hydrogen (secondary N) is 1. The molecule has 11 nitrogen and oxygen atoms in total. The van der Waals surface area contributed by atoms with Crippen LogP contribution in [0, 0.1) is 20.2 Å².